The number of rotatable bonds is 7. The number of sulfonamides is 1. The number of hydrogen-bond donors (Lipinski definition) is 2. The molecule has 0 spiro atoms. The summed E-state index contributed by atoms with van der Waals surface area (Å²) in [6.45, 7) is 0.401. The Labute approximate surface area is 156 Å². The maximum atomic E-state index is 12.3. The molecule has 8 nitrogen and oxygen atoms in total. The lowest BCUT2D eigenvalue weighted by atomic mass is 10.2. The van der Waals surface area contributed by atoms with Crippen molar-refractivity contribution in [2.45, 2.75) is 30.2 Å². The van der Waals surface area contributed by atoms with E-state index in [1.807, 2.05) is 28.8 Å². The summed E-state index contributed by atoms with van der Waals surface area (Å²) in [4.78, 5) is 12.4. The van der Waals surface area contributed by atoms with Gasteiger partial charge in [0.05, 0.1) is 4.90 Å². The topological polar surface area (TPSA) is 105 Å². The zero-order chi connectivity index (χ0) is 18.9. The van der Waals surface area contributed by atoms with Crippen LogP contribution < -0.4 is 10.0 Å². The number of aromatic nitrogens is 3. The van der Waals surface area contributed by atoms with Gasteiger partial charge in [0.15, 0.2) is 5.65 Å². The highest BCUT2D eigenvalue weighted by Crippen LogP contribution is 2.22. The SMILES string of the molecule is O=C(NCCc1nnc2ccccn12)c1ccc(S(=O)(=O)NC2CC2)cc1. The molecule has 0 aliphatic heterocycles. The van der Waals surface area contributed by atoms with Gasteiger partial charge in [0, 0.05) is 30.8 Å². The molecule has 1 aliphatic rings. The molecule has 1 aromatic carbocycles. The Kier molecular flexibility index (Phi) is 4.63. The van der Waals surface area contributed by atoms with Crippen LogP contribution in [-0.4, -0.2) is 41.5 Å². The third kappa shape index (κ3) is 3.99. The van der Waals surface area contributed by atoms with Gasteiger partial charge < -0.3 is 5.32 Å². The zero-order valence-corrected chi connectivity index (χ0v) is 15.3. The molecule has 1 amide bonds. The number of hydrogen-bond acceptors (Lipinski definition) is 5. The first-order valence-corrected chi connectivity index (χ1v) is 10.2. The smallest absolute Gasteiger partial charge is 0.251 e. The highest BCUT2D eigenvalue weighted by molar-refractivity contribution is 7.89. The standard InChI is InChI=1S/C18H19N5O3S/c24-18(19-11-10-17-21-20-16-3-1-2-12-23(16)17)13-4-8-15(9-5-13)27(25,26)22-14-6-7-14/h1-5,8-9,12,14,22H,6-7,10-11H2,(H,19,24). The molecule has 140 valence electrons. The first-order chi connectivity index (χ1) is 13.0. The molecule has 2 N–H and O–H groups in total. The largest absolute Gasteiger partial charge is 0.352 e. The Morgan fingerprint density at radius 1 is 1.11 bits per heavy atom. The van der Waals surface area contributed by atoms with Crippen molar-refractivity contribution in [2.24, 2.45) is 0 Å². The molecule has 9 heteroatoms. The molecule has 0 saturated heterocycles. The second-order valence-electron chi connectivity index (χ2n) is 6.47. The Morgan fingerprint density at radius 2 is 1.89 bits per heavy atom. The third-order valence-corrected chi connectivity index (χ3v) is 5.88. The van der Waals surface area contributed by atoms with Crippen LogP contribution >= 0.6 is 0 Å². The van der Waals surface area contributed by atoms with Gasteiger partial charge in [0.1, 0.15) is 5.82 Å². The van der Waals surface area contributed by atoms with Crippen molar-refractivity contribution < 1.29 is 13.2 Å². The van der Waals surface area contributed by atoms with Crippen LogP contribution in [-0.2, 0) is 16.4 Å². The van der Waals surface area contributed by atoms with Crippen LogP contribution in [0, 0.1) is 0 Å². The van der Waals surface area contributed by atoms with Gasteiger partial charge in [-0.05, 0) is 49.2 Å². The number of carbonyl (C=O) groups is 1. The molecule has 0 unspecified atom stereocenters. The van der Waals surface area contributed by atoms with Crippen LogP contribution in [0.3, 0.4) is 0 Å². The monoisotopic (exact) mass is 385 g/mol. The average molecular weight is 385 g/mol. The van der Waals surface area contributed by atoms with Crippen molar-refractivity contribution in [2.75, 3.05) is 6.54 Å². The number of amides is 1. The third-order valence-electron chi connectivity index (χ3n) is 4.34. The normalized spacial score (nSPS) is 14.4. The van der Waals surface area contributed by atoms with Crippen LogP contribution in [0.4, 0.5) is 0 Å². The summed E-state index contributed by atoms with van der Waals surface area (Å²) in [7, 11) is -3.51. The van der Waals surface area contributed by atoms with Crippen molar-refractivity contribution in [3.05, 3.63) is 60.0 Å². The van der Waals surface area contributed by atoms with E-state index in [-0.39, 0.29) is 16.8 Å². The first-order valence-electron chi connectivity index (χ1n) is 8.72. The van der Waals surface area contributed by atoms with Crippen LogP contribution in [0.2, 0.25) is 0 Å². The van der Waals surface area contributed by atoms with Gasteiger partial charge in [-0.3, -0.25) is 9.20 Å². The molecular formula is C18H19N5O3S. The fraction of sp³-hybridized carbons (Fsp3) is 0.278. The summed E-state index contributed by atoms with van der Waals surface area (Å²) in [6, 6.07) is 11.6. The van der Waals surface area contributed by atoms with Crippen LogP contribution in [0.25, 0.3) is 5.65 Å². The summed E-state index contributed by atoms with van der Waals surface area (Å²) >= 11 is 0. The highest BCUT2D eigenvalue weighted by Gasteiger charge is 2.27. The van der Waals surface area contributed by atoms with E-state index in [0.29, 0.717) is 18.5 Å². The van der Waals surface area contributed by atoms with E-state index in [1.165, 1.54) is 24.3 Å². The predicted octanol–water partition coefficient (Wildman–Crippen LogP) is 1.14. The van der Waals surface area contributed by atoms with E-state index in [1.54, 1.807) is 0 Å². The minimum atomic E-state index is -3.51. The van der Waals surface area contributed by atoms with Crippen LogP contribution in [0.5, 0.6) is 0 Å². The molecule has 27 heavy (non-hydrogen) atoms. The van der Waals surface area contributed by atoms with Crippen molar-refractivity contribution >= 4 is 21.6 Å². The van der Waals surface area contributed by atoms with Gasteiger partial charge in [-0.1, -0.05) is 6.07 Å². The van der Waals surface area contributed by atoms with E-state index in [4.69, 9.17) is 0 Å². The summed E-state index contributed by atoms with van der Waals surface area (Å²) in [6.07, 6.45) is 4.16. The number of nitrogens with zero attached hydrogens (tertiary/aromatic N) is 3. The minimum Gasteiger partial charge on any atom is -0.352 e. The van der Waals surface area contributed by atoms with Crippen molar-refractivity contribution in [1.82, 2.24) is 24.6 Å². The van der Waals surface area contributed by atoms with Crippen LogP contribution in [0.1, 0.15) is 29.0 Å². The Balaban J connectivity index is 1.35. The number of benzene rings is 1. The molecule has 0 bridgehead atoms. The van der Waals surface area contributed by atoms with Gasteiger partial charge in [0.25, 0.3) is 5.91 Å². The van der Waals surface area contributed by atoms with Crippen molar-refractivity contribution in [3.8, 4) is 0 Å². The minimum absolute atomic E-state index is 0.0474. The van der Waals surface area contributed by atoms with Gasteiger partial charge in [-0.25, -0.2) is 13.1 Å². The van der Waals surface area contributed by atoms with Gasteiger partial charge in [-0.15, -0.1) is 10.2 Å². The Hall–Kier alpha value is -2.78. The van der Waals surface area contributed by atoms with E-state index in [2.05, 4.69) is 20.2 Å². The molecular weight excluding hydrogens is 366 g/mol. The molecule has 0 atom stereocenters. The molecule has 2 aromatic heterocycles. The van der Waals surface area contributed by atoms with Gasteiger partial charge >= 0.3 is 0 Å². The van der Waals surface area contributed by atoms with E-state index >= 15 is 0 Å². The maximum Gasteiger partial charge on any atom is 0.251 e. The maximum absolute atomic E-state index is 12.3. The van der Waals surface area contributed by atoms with E-state index in [9.17, 15) is 13.2 Å². The number of nitrogens with one attached hydrogen (secondary N) is 2. The first kappa shape index (κ1) is 17.6. The van der Waals surface area contributed by atoms with Crippen molar-refractivity contribution in [3.63, 3.8) is 0 Å². The number of pyridine rings is 1. The zero-order valence-electron chi connectivity index (χ0n) is 14.5. The molecule has 2 heterocycles. The van der Waals surface area contributed by atoms with E-state index in [0.717, 1.165) is 24.3 Å². The van der Waals surface area contributed by atoms with Gasteiger partial charge in [-0.2, -0.15) is 0 Å². The van der Waals surface area contributed by atoms with E-state index < -0.39 is 10.0 Å². The lowest BCUT2D eigenvalue weighted by Gasteiger charge is -2.07. The molecule has 3 aromatic rings. The van der Waals surface area contributed by atoms with Crippen molar-refractivity contribution in [1.29, 1.82) is 0 Å². The number of fused-ring (bicyclic) bond motifs is 1. The quantitative estimate of drug-likeness (QED) is 0.635. The summed E-state index contributed by atoms with van der Waals surface area (Å²) < 4.78 is 28.8. The van der Waals surface area contributed by atoms with Gasteiger partial charge in [0.2, 0.25) is 10.0 Å². The summed E-state index contributed by atoms with van der Waals surface area (Å²) in [5.74, 6) is 0.501. The summed E-state index contributed by atoms with van der Waals surface area (Å²) in [5.41, 5.74) is 1.17. The lowest BCUT2D eigenvalue weighted by molar-refractivity contribution is 0.0954. The number of carbonyl (C=O) groups excluding carboxylic acids is 1. The second kappa shape index (κ2) is 7.09. The fourth-order valence-electron chi connectivity index (χ4n) is 2.73. The average Bonchev–Trinajstić information content (AvgIpc) is 3.38. The molecule has 1 saturated carbocycles. The molecule has 1 aliphatic carbocycles. The predicted molar refractivity (Wildman–Crippen MR) is 98.8 cm³/mol. The second-order valence-corrected chi connectivity index (χ2v) is 8.18. The fourth-order valence-corrected chi connectivity index (χ4v) is 4.03. The Bertz CT molecular complexity index is 1070. The highest BCUT2D eigenvalue weighted by atomic mass is 32.2. The molecule has 0 radical (unpaired) electrons. The Morgan fingerprint density at radius 3 is 2.63 bits per heavy atom. The molecule has 1 fully saturated rings. The molecule has 4 rings (SSSR count). The lowest BCUT2D eigenvalue weighted by Crippen LogP contribution is -2.27. The summed E-state index contributed by atoms with van der Waals surface area (Å²) in [5, 5.41) is 11.0. The van der Waals surface area contributed by atoms with Crippen LogP contribution in [0.15, 0.2) is 53.6 Å².